The van der Waals surface area contributed by atoms with Gasteiger partial charge in [0.05, 0.1) is 47.6 Å². The number of aliphatic hydroxyl groups is 4. The van der Waals surface area contributed by atoms with Crippen LogP contribution in [-0.2, 0) is 38.0 Å². The lowest BCUT2D eigenvalue weighted by molar-refractivity contribution is -0.313. The summed E-state index contributed by atoms with van der Waals surface area (Å²) >= 11 is 0. The number of hydrogen-bond donors (Lipinski definition) is 4. The van der Waals surface area contributed by atoms with E-state index < -0.39 is 96.0 Å². The number of methoxy groups -OCH3 is 1. The lowest BCUT2D eigenvalue weighted by Crippen LogP contribution is -2.60. The predicted molar refractivity (Wildman–Crippen MR) is 200 cm³/mol. The van der Waals surface area contributed by atoms with Gasteiger partial charge >= 0.3 is 5.97 Å². The van der Waals surface area contributed by atoms with Crippen LogP contribution in [0, 0.1) is 17.8 Å². The van der Waals surface area contributed by atoms with Crippen molar-refractivity contribution in [1.82, 2.24) is 9.80 Å². The molecule has 0 saturated carbocycles. The summed E-state index contributed by atoms with van der Waals surface area (Å²) in [5.41, 5.74) is -4.32. The first-order valence-corrected chi connectivity index (χ1v) is 19.8. The van der Waals surface area contributed by atoms with E-state index >= 15 is 0 Å². The molecule has 0 bridgehead atoms. The number of aliphatic hydroxyl groups excluding tert-OH is 2. The molecule has 4 N–H and O–H groups in total. The second-order valence-electron chi connectivity index (χ2n) is 17.4. The number of amidine groups is 1. The zero-order valence-corrected chi connectivity index (χ0v) is 35.1. The van der Waals surface area contributed by atoms with Crippen LogP contribution in [0.5, 0.6) is 0 Å². The number of ether oxygens (including phenoxy) is 7. The van der Waals surface area contributed by atoms with Gasteiger partial charge in [0, 0.05) is 46.1 Å². The first-order valence-electron chi connectivity index (χ1n) is 19.8. The van der Waals surface area contributed by atoms with Gasteiger partial charge in [-0.05, 0) is 80.7 Å². The zero-order chi connectivity index (χ0) is 40.7. The molecule has 4 fully saturated rings. The highest BCUT2D eigenvalue weighted by molar-refractivity contribution is 5.76. The average molecular weight is 774 g/mol. The lowest BCUT2D eigenvalue weighted by Gasteiger charge is -2.48. The maximum Gasteiger partial charge on any atom is 0.311 e. The summed E-state index contributed by atoms with van der Waals surface area (Å²) in [4.78, 5) is 22.5. The van der Waals surface area contributed by atoms with Crippen LogP contribution in [0.2, 0.25) is 0 Å². The molecule has 4 rings (SSSR count). The van der Waals surface area contributed by atoms with Gasteiger partial charge in [-0.25, -0.2) is 4.99 Å². The molecule has 0 aromatic rings. The third-order valence-corrected chi connectivity index (χ3v) is 12.8. The van der Waals surface area contributed by atoms with Gasteiger partial charge in [0.25, 0.3) is 6.02 Å². The highest BCUT2D eigenvalue weighted by Crippen LogP contribution is 2.41. The minimum absolute atomic E-state index is 0.0876. The van der Waals surface area contributed by atoms with Crippen molar-refractivity contribution in [3.63, 3.8) is 0 Å². The first kappa shape index (κ1) is 45.0. The van der Waals surface area contributed by atoms with E-state index in [1.54, 1.807) is 41.7 Å². The molecule has 15 heteroatoms. The zero-order valence-electron chi connectivity index (χ0n) is 35.1. The Morgan fingerprint density at radius 1 is 0.944 bits per heavy atom. The summed E-state index contributed by atoms with van der Waals surface area (Å²) < 4.78 is 44.5. The van der Waals surface area contributed by atoms with Gasteiger partial charge in [0.1, 0.15) is 23.9 Å². The van der Waals surface area contributed by atoms with E-state index in [2.05, 4.69) is 4.99 Å². The van der Waals surface area contributed by atoms with Gasteiger partial charge in [0.15, 0.2) is 18.7 Å². The van der Waals surface area contributed by atoms with Gasteiger partial charge in [-0.1, -0.05) is 20.8 Å². The quantitative estimate of drug-likeness (QED) is 0.289. The van der Waals surface area contributed by atoms with Crippen molar-refractivity contribution in [3.8, 4) is 0 Å². The number of aliphatic imine (C=N–C) groups is 1. The molecular formula is C39H71N3O12. The fourth-order valence-electron chi connectivity index (χ4n) is 9.28. The van der Waals surface area contributed by atoms with Gasteiger partial charge in [0.2, 0.25) is 0 Å². The first-order chi connectivity index (χ1) is 25.0. The summed E-state index contributed by atoms with van der Waals surface area (Å²) in [6, 6.07) is -0.145. The summed E-state index contributed by atoms with van der Waals surface area (Å²) in [6.07, 6.45) is -7.15. The monoisotopic (exact) mass is 774 g/mol. The van der Waals surface area contributed by atoms with E-state index in [0.717, 1.165) is 0 Å². The smallest absolute Gasteiger partial charge is 0.311 e. The van der Waals surface area contributed by atoms with Crippen molar-refractivity contribution in [2.24, 2.45) is 22.7 Å². The SMILES string of the molecule is CC[C@H]1OC(=O)[C@H](C)[C@@H](O[C@H]2C[C@@](C)(OC)[C@@H](O)[C@H](C)O2)[C@H](C)[C@@H](O[C@H]2O[C@H](C)C[C@H]3[C@H]2OC(=NC)N3C)[C@](C)(O)C[C@@H](C)CN(C)[C@H](C)[C@@H](O)[C@]1(C)O. The molecule has 54 heavy (non-hydrogen) atoms. The van der Waals surface area contributed by atoms with Crippen LogP contribution in [0.25, 0.3) is 0 Å². The minimum atomic E-state index is -1.79. The van der Waals surface area contributed by atoms with E-state index in [9.17, 15) is 25.2 Å². The number of carbonyl (C=O) groups is 1. The largest absolute Gasteiger partial charge is 0.459 e. The molecule has 0 radical (unpaired) electrons. The van der Waals surface area contributed by atoms with Crippen molar-refractivity contribution < 1.29 is 58.4 Å². The van der Waals surface area contributed by atoms with Crippen LogP contribution in [0.15, 0.2) is 4.99 Å². The molecule has 314 valence electrons. The minimum Gasteiger partial charge on any atom is -0.459 e. The molecule has 0 amide bonds. The summed E-state index contributed by atoms with van der Waals surface area (Å²) in [6.45, 7) is 18.3. The van der Waals surface area contributed by atoms with E-state index in [0.29, 0.717) is 19.0 Å². The molecule has 0 unspecified atom stereocenters. The van der Waals surface area contributed by atoms with Crippen molar-refractivity contribution in [3.05, 3.63) is 0 Å². The van der Waals surface area contributed by atoms with E-state index in [1.165, 1.54) is 14.0 Å². The van der Waals surface area contributed by atoms with Gasteiger partial charge in [-0.2, -0.15) is 0 Å². The van der Waals surface area contributed by atoms with Crippen molar-refractivity contribution in [1.29, 1.82) is 0 Å². The average Bonchev–Trinajstić information content (AvgIpc) is 3.43. The third-order valence-electron chi connectivity index (χ3n) is 12.8. The molecule has 15 nitrogen and oxygen atoms in total. The molecule has 4 aliphatic heterocycles. The summed E-state index contributed by atoms with van der Waals surface area (Å²) in [7, 11) is 6.97. The molecule has 0 aromatic heterocycles. The molecule has 18 atom stereocenters. The number of esters is 1. The number of fused-ring (bicyclic) bond motifs is 1. The molecular weight excluding hydrogens is 702 g/mol. The fourth-order valence-corrected chi connectivity index (χ4v) is 9.28. The van der Waals surface area contributed by atoms with Gasteiger partial charge < -0.3 is 63.4 Å². The van der Waals surface area contributed by atoms with Crippen molar-refractivity contribution in [2.75, 3.05) is 34.8 Å². The molecule has 4 saturated heterocycles. The molecule has 0 spiro atoms. The van der Waals surface area contributed by atoms with Crippen LogP contribution in [0.4, 0.5) is 0 Å². The maximum absolute atomic E-state index is 14.3. The topological polar surface area (TPSA) is 181 Å². The Morgan fingerprint density at radius 2 is 1.59 bits per heavy atom. The van der Waals surface area contributed by atoms with Crippen LogP contribution in [0.3, 0.4) is 0 Å². The standard InChI is InChI=1S/C39H71N3O12/c1-15-27-39(10,47)31(43)24(6)41(12)19-20(2)17-37(8,46)33(54-35-30-26(16-21(3)49-35)42(13)36(40-11)53-30)22(4)29(23(5)34(45)51-27)52-28-18-38(9,48-14)32(44)25(7)50-28/h20-33,35,43-44,46-47H,15-19H2,1-14H3/t20-,21-,22+,23-,24-,25+,26+,27-,28+,29+,30-,31-,32+,33-,35-,37-,38-,39-/m1/s1. The molecule has 4 heterocycles. The molecule has 0 aromatic carbocycles. The second kappa shape index (κ2) is 17.5. The number of carbonyl (C=O) groups excluding carboxylic acids is 1. The normalized spacial score (nSPS) is 49.8. The van der Waals surface area contributed by atoms with Crippen LogP contribution in [-0.4, -0.2) is 167 Å². The predicted octanol–water partition coefficient (Wildman–Crippen LogP) is 2.29. The number of nitrogens with zero attached hydrogens (tertiary/aromatic N) is 3. The fraction of sp³-hybridized carbons (Fsp3) is 0.949. The van der Waals surface area contributed by atoms with E-state index in [1.807, 2.05) is 51.6 Å². The molecule has 0 aliphatic carbocycles. The Morgan fingerprint density at radius 3 is 2.19 bits per heavy atom. The third kappa shape index (κ3) is 9.21. The second-order valence-corrected chi connectivity index (χ2v) is 17.4. The van der Waals surface area contributed by atoms with Crippen molar-refractivity contribution >= 4 is 12.0 Å². The van der Waals surface area contributed by atoms with Crippen molar-refractivity contribution in [2.45, 2.75) is 185 Å². The number of cyclic esters (lactones) is 1. The maximum atomic E-state index is 14.3. The van der Waals surface area contributed by atoms with Crippen LogP contribution >= 0.6 is 0 Å². The number of hydrogen-bond acceptors (Lipinski definition) is 14. The highest BCUT2D eigenvalue weighted by Gasteiger charge is 2.54. The highest BCUT2D eigenvalue weighted by atomic mass is 16.7. The number of rotatable bonds is 6. The van der Waals surface area contributed by atoms with Gasteiger partial charge in [-0.15, -0.1) is 0 Å². The van der Waals surface area contributed by atoms with Gasteiger partial charge in [-0.3, -0.25) is 4.79 Å². The number of likely N-dealkylation sites (N-methyl/N-ethyl adjacent to an activating group) is 2. The Bertz CT molecular complexity index is 1290. The molecule has 4 aliphatic rings. The van der Waals surface area contributed by atoms with E-state index in [-0.39, 0.29) is 37.3 Å². The van der Waals surface area contributed by atoms with E-state index in [4.69, 9.17) is 33.2 Å². The Kier molecular flexibility index (Phi) is 14.6. The Hall–Kier alpha value is -1.66. The summed E-state index contributed by atoms with van der Waals surface area (Å²) in [5.74, 6) is -2.49. The summed E-state index contributed by atoms with van der Waals surface area (Å²) in [5, 5.41) is 46.9. The lowest BCUT2D eigenvalue weighted by atomic mass is 9.77. The van der Waals surface area contributed by atoms with Crippen LogP contribution in [0.1, 0.15) is 94.9 Å². The van der Waals surface area contributed by atoms with Crippen LogP contribution < -0.4 is 0 Å². The Balaban J connectivity index is 1.83. The Labute approximate surface area is 322 Å².